The maximum Gasteiger partial charge on any atom is 0.252 e. The molecule has 40 heavy (non-hydrogen) atoms. The van der Waals surface area contributed by atoms with Crippen LogP contribution in [0.25, 0.3) is 0 Å². The molecule has 1 saturated heterocycles. The zero-order chi connectivity index (χ0) is 30.9. The minimum atomic E-state index is -3.39. The third kappa shape index (κ3) is 5.01. The van der Waals surface area contributed by atoms with Crippen LogP contribution in [-0.2, 0) is 10.5 Å². The van der Waals surface area contributed by atoms with Gasteiger partial charge in [0.15, 0.2) is 0 Å². The number of hydrogen-bond donors (Lipinski definition) is 1. The second kappa shape index (κ2) is 10.2. The SMILES string of the molecule is [B]C([B])([B])c1cnc(C([B])([B])NCC2(F)C([B])([B])C([B])([B])N(C(=O)c3ccc(F)c(Cl)c3)C([B])([B])C2([B])[B])nc1. The van der Waals surface area contributed by atoms with Gasteiger partial charge in [-0.3, -0.25) is 4.79 Å². The monoisotopic (exact) mass is 524 g/mol. The quantitative estimate of drug-likeness (QED) is 0.404. The molecule has 2 aromatic rings. The number of alkyl halides is 1. The number of nitrogens with one attached hydrogen (secondary N) is 1. The van der Waals surface area contributed by atoms with E-state index in [-0.39, 0.29) is 21.9 Å². The highest BCUT2D eigenvalue weighted by Crippen LogP contribution is 2.64. The van der Waals surface area contributed by atoms with Gasteiger partial charge >= 0.3 is 0 Å². The minimum Gasteiger partial charge on any atom is -0.363 e. The maximum atomic E-state index is 17.0. The fourth-order valence-corrected chi connectivity index (χ4v) is 4.33. The molecule has 5 nitrogen and oxygen atoms in total. The van der Waals surface area contributed by atoms with Gasteiger partial charge in [0.25, 0.3) is 5.91 Å². The summed E-state index contributed by atoms with van der Waals surface area (Å²) in [6, 6.07) is 2.75. The molecule has 2 heterocycles. The van der Waals surface area contributed by atoms with Crippen molar-refractivity contribution in [3.05, 3.63) is 58.4 Å². The zero-order valence-electron chi connectivity index (χ0n) is 21.0. The molecular weight excluding hydrogens is 514 g/mol. The van der Waals surface area contributed by atoms with Crippen LogP contribution in [0.3, 0.4) is 0 Å². The molecule has 0 unspecified atom stereocenters. The number of carbonyl (C=O) groups excluding carboxylic acids is 1. The molecule has 1 aromatic heterocycles. The van der Waals surface area contributed by atoms with E-state index in [2.05, 4.69) is 15.3 Å². The van der Waals surface area contributed by atoms with E-state index in [4.69, 9.17) is 114 Å². The number of carbonyl (C=O) groups is 1. The smallest absolute Gasteiger partial charge is 0.252 e. The molecule has 0 saturated carbocycles. The first-order valence-corrected chi connectivity index (χ1v) is 11.6. The van der Waals surface area contributed by atoms with E-state index in [0.29, 0.717) is 0 Å². The minimum absolute atomic E-state index is 0.103. The van der Waals surface area contributed by atoms with E-state index in [1.165, 1.54) is 0 Å². The van der Waals surface area contributed by atoms with Crippen LogP contribution < -0.4 is 5.32 Å². The fraction of sp³-hybridized carbons (Fsp3) is 0.421. The lowest BCUT2D eigenvalue weighted by molar-refractivity contribution is -0.0196. The summed E-state index contributed by atoms with van der Waals surface area (Å²) in [6.07, 6.45) is 2.24. The van der Waals surface area contributed by atoms with Crippen LogP contribution in [0, 0.1) is 5.82 Å². The predicted molar refractivity (Wildman–Crippen MR) is 160 cm³/mol. The molecular formula is C19H8B13ClF2N4O. The van der Waals surface area contributed by atoms with Crippen LogP contribution in [-0.4, -0.2) is 146 Å². The Hall–Kier alpha value is -1.28. The summed E-state index contributed by atoms with van der Waals surface area (Å²) in [4.78, 5) is 21.6. The molecule has 1 aromatic carbocycles. The summed E-state index contributed by atoms with van der Waals surface area (Å²) >= 11 is 5.77. The molecule has 170 valence electrons. The van der Waals surface area contributed by atoms with E-state index in [1.807, 2.05) is 0 Å². The van der Waals surface area contributed by atoms with Crippen molar-refractivity contribution in [3.8, 4) is 0 Å². The third-order valence-corrected chi connectivity index (χ3v) is 7.18. The highest BCUT2D eigenvalue weighted by Gasteiger charge is 2.70. The van der Waals surface area contributed by atoms with Crippen molar-refractivity contribution in [2.45, 2.75) is 37.2 Å². The van der Waals surface area contributed by atoms with Gasteiger partial charge in [0, 0.05) is 29.8 Å². The molecule has 1 amide bonds. The van der Waals surface area contributed by atoms with E-state index in [1.54, 1.807) is 0 Å². The molecule has 1 aliphatic rings. The molecule has 21 heteroatoms. The van der Waals surface area contributed by atoms with Crippen LogP contribution in [0.4, 0.5) is 8.78 Å². The van der Waals surface area contributed by atoms with Gasteiger partial charge in [0.2, 0.25) is 0 Å². The number of amides is 1. The maximum absolute atomic E-state index is 17.0. The van der Waals surface area contributed by atoms with Crippen LogP contribution in [0.5, 0.6) is 0 Å². The van der Waals surface area contributed by atoms with Crippen molar-refractivity contribution < 1.29 is 13.6 Å². The van der Waals surface area contributed by atoms with Gasteiger partial charge in [-0.15, -0.1) is 5.11 Å². The van der Waals surface area contributed by atoms with Crippen LogP contribution in [0.2, 0.25) is 15.5 Å². The van der Waals surface area contributed by atoms with Crippen LogP contribution in [0.15, 0.2) is 30.6 Å². The Balaban J connectivity index is 2.04. The normalized spacial score (nSPS) is 20.9. The number of benzene rings is 1. The second-order valence-electron chi connectivity index (χ2n) is 9.91. The molecule has 1 aliphatic heterocycles. The Kier molecular flexibility index (Phi) is 8.45. The summed E-state index contributed by atoms with van der Waals surface area (Å²) in [5.74, 6) is -2.39. The van der Waals surface area contributed by atoms with E-state index < -0.39 is 60.5 Å². The molecule has 0 aliphatic carbocycles. The first-order valence-electron chi connectivity index (χ1n) is 11.2. The van der Waals surface area contributed by atoms with Gasteiger partial charge in [-0.1, -0.05) is 22.0 Å². The van der Waals surface area contributed by atoms with Crippen molar-refractivity contribution in [2.24, 2.45) is 0 Å². The van der Waals surface area contributed by atoms with Crippen molar-refractivity contribution >= 4 is 120 Å². The van der Waals surface area contributed by atoms with Crippen LogP contribution >= 0.6 is 11.6 Å². The Morgan fingerprint density at radius 1 is 0.925 bits per heavy atom. The molecule has 1 N–H and O–H groups in total. The topological polar surface area (TPSA) is 58.1 Å². The number of hydrogen-bond acceptors (Lipinski definition) is 4. The lowest BCUT2D eigenvalue weighted by atomic mass is 9.15. The third-order valence-electron chi connectivity index (χ3n) is 6.89. The standard InChI is InChI=1S/C19H8B13ClF2N4O/c20-14(21,22)8-4-36-12(37-5-8)15(23,24)38-6-13(35)16(25,26)18(29,30)39(19(31,32)17(13,27)28)11(40)7-1-2-10(34)9(33)3-7/h1-5,38H,6H2. The summed E-state index contributed by atoms with van der Waals surface area (Å²) < 4.78 is 30.7. The number of likely N-dealkylation sites (tertiary alicyclic amines) is 1. The fourth-order valence-electron chi connectivity index (χ4n) is 4.15. The molecule has 1 fully saturated rings. The summed E-state index contributed by atoms with van der Waals surface area (Å²) in [6.45, 7) is -1.13. The highest BCUT2D eigenvalue weighted by molar-refractivity contribution is 6.62. The number of piperidine rings is 1. The Bertz CT molecular complexity index is 1280. The van der Waals surface area contributed by atoms with Crippen LogP contribution in [0.1, 0.15) is 21.7 Å². The van der Waals surface area contributed by atoms with Crippen molar-refractivity contribution in [1.29, 1.82) is 0 Å². The van der Waals surface area contributed by atoms with Gasteiger partial charge in [-0.2, -0.15) is 0 Å². The average molecular weight is 522 g/mol. The van der Waals surface area contributed by atoms with Crippen molar-refractivity contribution in [3.63, 3.8) is 0 Å². The molecule has 0 bridgehead atoms. The average Bonchev–Trinajstić information content (AvgIpc) is 2.82. The number of aromatic nitrogens is 2. The lowest BCUT2D eigenvalue weighted by Crippen LogP contribution is -2.85. The van der Waals surface area contributed by atoms with Crippen molar-refractivity contribution in [2.75, 3.05) is 6.54 Å². The van der Waals surface area contributed by atoms with Crippen molar-refractivity contribution in [1.82, 2.24) is 20.2 Å². The van der Waals surface area contributed by atoms with Gasteiger partial charge in [0.05, 0.1) is 107 Å². The Labute approximate surface area is 254 Å². The van der Waals surface area contributed by atoms with Gasteiger partial charge in [-0.25, -0.2) is 18.7 Å². The molecule has 26 radical (unpaired) electrons. The highest BCUT2D eigenvalue weighted by atomic mass is 35.5. The number of nitrogens with zero attached hydrogens (tertiary/aromatic N) is 3. The Morgan fingerprint density at radius 2 is 1.40 bits per heavy atom. The summed E-state index contributed by atoms with van der Waals surface area (Å²) in [7, 11) is 78.0. The largest absolute Gasteiger partial charge is 0.363 e. The molecule has 3 rings (SSSR count). The number of halogens is 3. The second-order valence-corrected chi connectivity index (χ2v) is 10.3. The predicted octanol–water partition coefficient (Wildman–Crippen LogP) is -3.33. The van der Waals surface area contributed by atoms with E-state index in [9.17, 15) is 9.18 Å². The number of rotatable bonds is 6. The first-order chi connectivity index (χ1) is 17.9. The summed E-state index contributed by atoms with van der Waals surface area (Å²) in [5, 5.41) is -14.0. The lowest BCUT2D eigenvalue weighted by Gasteiger charge is -2.76. The molecule has 0 spiro atoms. The molecule has 0 atom stereocenters. The zero-order valence-corrected chi connectivity index (χ0v) is 21.7. The van der Waals surface area contributed by atoms with Gasteiger partial charge in [-0.05, 0) is 34.4 Å². The van der Waals surface area contributed by atoms with E-state index in [0.717, 1.165) is 30.6 Å². The van der Waals surface area contributed by atoms with Gasteiger partial charge < -0.3 is 10.2 Å². The van der Waals surface area contributed by atoms with E-state index >= 15 is 4.39 Å². The Morgan fingerprint density at radius 3 is 1.82 bits per heavy atom. The van der Waals surface area contributed by atoms with Gasteiger partial charge in [0.1, 0.15) is 17.3 Å². The summed E-state index contributed by atoms with van der Waals surface area (Å²) in [5.41, 5.74) is -3.63. The first kappa shape index (κ1) is 33.2.